The number of hydrogen-bond donors (Lipinski definition) is 1. The Kier molecular flexibility index (Phi) is 1.11. The molecule has 1 amide bonds. The van der Waals surface area contributed by atoms with Crippen molar-refractivity contribution in [1.29, 1.82) is 0 Å². The van der Waals surface area contributed by atoms with Gasteiger partial charge in [-0.05, 0) is 6.42 Å². The lowest BCUT2D eigenvalue weighted by Gasteiger charge is -2.37. The average molecular weight is 142 g/mol. The molecular formula is C6H10N2O2. The topological polar surface area (TPSA) is 43.8 Å². The lowest BCUT2D eigenvalue weighted by Crippen LogP contribution is -2.50. The molecule has 0 aromatic heterocycles. The van der Waals surface area contributed by atoms with Crippen molar-refractivity contribution in [1.82, 2.24) is 9.80 Å². The molecule has 1 atom stereocenters. The maximum absolute atomic E-state index is 10.5. The predicted octanol–water partition coefficient (Wildman–Crippen LogP) is 0.0118. The molecule has 0 spiro atoms. The van der Waals surface area contributed by atoms with E-state index < -0.39 is 6.09 Å². The van der Waals surface area contributed by atoms with Crippen LogP contribution in [-0.2, 0) is 0 Å². The molecule has 0 bridgehead atoms. The summed E-state index contributed by atoms with van der Waals surface area (Å²) in [6.07, 6.45) is 0.469. The molecule has 0 aromatic carbocycles. The zero-order chi connectivity index (χ0) is 7.14. The van der Waals surface area contributed by atoms with Gasteiger partial charge in [0, 0.05) is 19.6 Å². The van der Waals surface area contributed by atoms with E-state index in [1.54, 1.807) is 0 Å². The molecular weight excluding hydrogens is 132 g/mol. The molecule has 56 valence electrons. The molecule has 2 rings (SSSR count). The van der Waals surface area contributed by atoms with Crippen molar-refractivity contribution in [2.24, 2.45) is 0 Å². The van der Waals surface area contributed by atoms with Crippen LogP contribution in [0, 0.1) is 0 Å². The van der Waals surface area contributed by atoms with E-state index in [4.69, 9.17) is 5.11 Å². The van der Waals surface area contributed by atoms with Crippen LogP contribution in [0.3, 0.4) is 0 Å². The van der Waals surface area contributed by atoms with Gasteiger partial charge in [0.2, 0.25) is 0 Å². The smallest absolute Gasteiger partial charge is 0.408 e. The van der Waals surface area contributed by atoms with Gasteiger partial charge < -0.3 is 5.11 Å². The number of nitrogens with zero attached hydrogens (tertiary/aromatic N) is 2. The lowest BCUT2D eigenvalue weighted by atomic mass is 10.2. The summed E-state index contributed by atoms with van der Waals surface area (Å²) in [6.45, 7) is 2.70. The summed E-state index contributed by atoms with van der Waals surface area (Å²) in [5.74, 6) is 0. The largest absolute Gasteiger partial charge is 0.465 e. The first-order chi connectivity index (χ1) is 4.79. The van der Waals surface area contributed by atoms with Crippen LogP contribution in [0.2, 0.25) is 0 Å². The number of fused-ring (bicyclic) bond motifs is 1. The fraction of sp³-hybridized carbons (Fsp3) is 0.833. The fourth-order valence-electron chi connectivity index (χ4n) is 1.65. The van der Waals surface area contributed by atoms with E-state index in [9.17, 15) is 4.79 Å². The van der Waals surface area contributed by atoms with E-state index in [1.165, 1.54) is 4.90 Å². The van der Waals surface area contributed by atoms with Gasteiger partial charge in [-0.15, -0.1) is 0 Å². The highest BCUT2D eigenvalue weighted by atomic mass is 16.4. The normalized spacial score (nSPS) is 31.6. The molecule has 0 radical (unpaired) electrons. The van der Waals surface area contributed by atoms with Crippen LogP contribution in [0.25, 0.3) is 0 Å². The second-order valence-electron chi connectivity index (χ2n) is 2.78. The Morgan fingerprint density at radius 3 is 2.50 bits per heavy atom. The summed E-state index contributed by atoms with van der Waals surface area (Å²) in [4.78, 5) is 14.2. The molecule has 10 heavy (non-hydrogen) atoms. The Morgan fingerprint density at radius 1 is 1.40 bits per heavy atom. The number of carboxylic acid groups (broad SMARTS) is 1. The Bertz CT molecular complexity index is 171. The van der Waals surface area contributed by atoms with Crippen molar-refractivity contribution in [2.45, 2.75) is 12.6 Å². The molecule has 2 aliphatic heterocycles. The van der Waals surface area contributed by atoms with E-state index in [0.29, 0.717) is 6.54 Å². The Hall–Kier alpha value is -0.770. The first-order valence-corrected chi connectivity index (χ1v) is 3.52. The zero-order valence-electron chi connectivity index (χ0n) is 5.66. The monoisotopic (exact) mass is 142 g/mol. The van der Waals surface area contributed by atoms with Crippen molar-refractivity contribution < 1.29 is 9.90 Å². The number of hydrogen-bond acceptors (Lipinski definition) is 2. The molecule has 4 heteroatoms. The van der Waals surface area contributed by atoms with E-state index in [-0.39, 0.29) is 6.17 Å². The summed E-state index contributed by atoms with van der Waals surface area (Å²) >= 11 is 0. The molecule has 4 nitrogen and oxygen atoms in total. The van der Waals surface area contributed by atoms with E-state index >= 15 is 0 Å². The molecule has 2 aliphatic rings. The number of amides is 1. The highest BCUT2D eigenvalue weighted by Crippen LogP contribution is 2.25. The molecule has 0 saturated carbocycles. The molecule has 2 heterocycles. The van der Waals surface area contributed by atoms with Crippen LogP contribution >= 0.6 is 0 Å². The third-order valence-electron chi connectivity index (χ3n) is 2.33. The van der Waals surface area contributed by atoms with Gasteiger partial charge in [0.25, 0.3) is 0 Å². The first kappa shape index (κ1) is 5.97. The maximum atomic E-state index is 10.5. The third kappa shape index (κ3) is 0.623. The minimum atomic E-state index is -0.771. The Labute approximate surface area is 59.0 Å². The van der Waals surface area contributed by atoms with Gasteiger partial charge in [-0.25, -0.2) is 4.79 Å². The quantitative estimate of drug-likeness (QED) is 0.518. The highest BCUT2D eigenvalue weighted by Gasteiger charge is 2.40. The van der Waals surface area contributed by atoms with Crippen molar-refractivity contribution >= 4 is 6.09 Å². The van der Waals surface area contributed by atoms with Gasteiger partial charge in [0.05, 0.1) is 6.17 Å². The summed E-state index contributed by atoms with van der Waals surface area (Å²) in [6, 6.07) is 0. The van der Waals surface area contributed by atoms with Crippen LogP contribution in [0.1, 0.15) is 6.42 Å². The molecule has 2 fully saturated rings. The van der Waals surface area contributed by atoms with Crippen LogP contribution in [0.15, 0.2) is 0 Å². The molecule has 1 unspecified atom stereocenters. The molecule has 0 aliphatic carbocycles. The standard InChI is InChI=1S/C6H10N2O2/c9-6(10)8-4-3-7-2-1-5(7)8/h5H,1-4H2,(H,9,10). The SMILES string of the molecule is O=C(O)N1CCN2CCC21. The number of carbonyl (C=O) groups is 1. The third-order valence-corrected chi connectivity index (χ3v) is 2.33. The Balaban J connectivity index is 2.05. The molecule has 1 N–H and O–H groups in total. The molecule has 0 aromatic rings. The summed E-state index contributed by atoms with van der Waals surface area (Å²) in [7, 11) is 0. The van der Waals surface area contributed by atoms with Crippen LogP contribution in [0.4, 0.5) is 4.79 Å². The molecule has 2 saturated heterocycles. The second-order valence-corrected chi connectivity index (χ2v) is 2.78. The highest BCUT2D eigenvalue weighted by molar-refractivity contribution is 5.66. The summed E-state index contributed by atoms with van der Waals surface area (Å²) in [5.41, 5.74) is 0. The number of rotatable bonds is 0. The summed E-state index contributed by atoms with van der Waals surface area (Å²) < 4.78 is 0. The van der Waals surface area contributed by atoms with Crippen molar-refractivity contribution in [3.63, 3.8) is 0 Å². The van der Waals surface area contributed by atoms with Gasteiger partial charge in [-0.2, -0.15) is 0 Å². The predicted molar refractivity (Wildman–Crippen MR) is 34.7 cm³/mol. The van der Waals surface area contributed by atoms with Gasteiger partial charge in [-0.3, -0.25) is 9.80 Å². The van der Waals surface area contributed by atoms with Crippen LogP contribution in [-0.4, -0.2) is 46.8 Å². The van der Waals surface area contributed by atoms with Gasteiger partial charge >= 0.3 is 6.09 Å². The first-order valence-electron chi connectivity index (χ1n) is 3.52. The second kappa shape index (κ2) is 1.85. The van der Waals surface area contributed by atoms with E-state index in [0.717, 1.165) is 19.5 Å². The zero-order valence-corrected chi connectivity index (χ0v) is 5.66. The minimum absolute atomic E-state index is 0.220. The minimum Gasteiger partial charge on any atom is -0.465 e. The summed E-state index contributed by atoms with van der Waals surface area (Å²) in [5, 5.41) is 8.63. The van der Waals surface area contributed by atoms with Crippen molar-refractivity contribution in [2.75, 3.05) is 19.6 Å². The van der Waals surface area contributed by atoms with Crippen LogP contribution < -0.4 is 0 Å². The van der Waals surface area contributed by atoms with E-state index in [2.05, 4.69) is 4.90 Å². The Morgan fingerprint density at radius 2 is 2.20 bits per heavy atom. The lowest BCUT2D eigenvalue weighted by molar-refractivity contribution is 0.0466. The van der Waals surface area contributed by atoms with E-state index in [1.807, 2.05) is 0 Å². The van der Waals surface area contributed by atoms with Gasteiger partial charge in [0.1, 0.15) is 0 Å². The van der Waals surface area contributed by atoms with Gasteiger partial charge in [-0.1, -0.05) is 0 Å². The van der Waals surface area contributed by atoms with Crippen LogP contribution in [0.5, 0.6) is 0 Å². The van der Waals surface area contributed by atoms with Gasteiger partial charge in [0.15, 0.2) is 0 Å². The maximum Gasteiger partial charge on any atom is 0.408 e. The average Bonchev–Trinajstić information content (AvgIpc) is 2.07. The van der Waals surface area contributed by atoms with Crippen molar-refractivity contribution in [3.05, 3.63) is 0 Å². The van der Waals surface area contributed by atoms with Crippen molar-refractivity contribution in [3.8, 4) is 0 Å². The fourth-order valence-corrected chi connectivity index (χ4v) is 1.65.